The molecule has 0 bridgehead atoms. The summed E-state index contributed by atoms with van der Waals surface area (Å²) in [6.45, 7) is 11.7. The Morgan fingerprint density at radius 3 is 2.36 bits per heavy atom. The second-order valence-electron chi connectivity index (χ2n) is 3.46. The highest BCUT2D eigenvalue weighted by Crippen LogP contribution is 2.21. The van der Waals surface area contributed by atoms with Crippen molar-refractivity contribution in [2.24, 2.45) is 5.92 Å². The van der Waals surface area contributed by atoms with E-state index in [9.17, 15) is 0 Å². The van der Waals surface area contributed by atoms with Crippen LogP contribution in [0.4, 0.5) is 0 Å². The number of fused-ring (bicyclic) bond motifs is 1. The van der Waals surface area contributed by atoms with E-state index in [0.717, 1.165) is 12.0 Å². The molecule has 0 aromatic rings. The van der Waals surface area contributed by atoms with E-state index in [1.54, 1.807) is 0 Å². The van der Waals surface area contributed by atoms with E-state index in [1.807, 2.05) is 27.7 Å². The van der Waals surface area contributed by atoms with Crippen LogP contribution in [0.5, 0.6) is 0 Å². The van der Waals surface area contributed by atoms with Crippen LogP contribution < -0.4 is 10.6 Å². The van der Waals surface area contributed by atoms with Crippen molar-refractivity contribution in [2.45, 2.75) is 53.0 Å². The third kappa shape index (κ3) is 4.43. The van der Waals surface area contributed by atoms with Crippen molar-refractivity contribution in [1.29, 1.82) is 0 Å². The third-order valence-corrected chi connectivity index (χ3v) is 2.78. The van der Waals surface area contributed by atoms with Crippen LogP contribution in [0, 0.1) is 5.92 Å². The van der Waals surface area contributed by atoms with Gasteiger partial charge in [-0.3, -0.25) is 0 Å². The molecule has 2 aliphatic rings. The first-order valence-electron chi connectivity index (χ1n) is 6.41. The number of hydrogen-bond donors (Lipinski definition) is 2. The number of hydrogen-bond acceptors (Lipinski definition) is 2. The predicted octanol–water partition coefficient (Wildman–Crippen LogP) is 2.40. The van der Waals surface area contributed by atoms with E-state index >= 15 is 0 Å². The number of rotatable bonds is 0. The van der Waals surface area contributed by atoms with Crippen molar-refractivity contribution in [3.8, 4) is 0 Å². The Kier molecular flexibility index (Phi) is 9.42. The van der Waals surface area contributed by atoms with Crippen molar-refractivity contribution < 1.29 is 0 Å². The molecule has 0 saturated carbocycles. The smallest absolute Gasteiger partial charge is 0.0221 e. The van der Waals surface area contributed by atoms with Crippen LogP contribution in [0.15, 0.2) is 0 Å². The fraction of sp³-hybridized carbons (Fsp3) is 1.00. The van der Waals surface area contributed by atoms with E-state index < -0.39 is 0 Å². The van der Waals surface area contributed by atoms with Crippen LogP contribution in [0.25, 0.3) is 0 Å². The van der Waals surface area contributed by atoms with Crippen molar-refractivity contribution in [2.75, 3.05) is 19.6 Å². The summed E-state index contributed by atoms with van der Waals surface area (Å²) in [7, 11) is 0. The van der Waals surface area contributed by atoms with Gasteiger partial charge in [-0.25, -0.2) is 0 Å². The van der Waals surface area contributed by atoms with Crippen LogP contribution in [0.2, 0.25) is 0 Å². The summed E-state index contributed by atoms with van der Waals surface area (Å²) >= 11 is 0. The maximum atomic E-state index is 3.54. The van der Waals surface area contributed by atoms with Gasteiger partial charge in [0.1, 0.15) is 0 Å². The molecule has 2 fully saturated rings. The van der Waals surface area contributed by atoms with E-state index in [1.165, 1.54) is 38.9 Å². The molecule has 0 spiro atoms. The van der Waals surface area contributed by atoms with Crippen molar-refractivity contribution in [1.82, 2.24) is 10.6 Å². The quantitative estimate of drug-likeness (QED) is 0.627. The zero-order chi connectivity index (χ0) is 10.8. The third-order valence-electron chi connectivity index (χ3n) is 2.78. The van der Waals surface area contributed by atoms with Crippen LogP contribution in [0.1, 0.15) is 47.0 Å². The molecular formula is C12H28N2. The fourth-order valence-corrected chi connectivity index (χ4v) is 2.15. The molecule has 2 saturated heterocycles. The Hall–Kier alpha value is -0.0800. The maximum Gasteiger partial charge on any atom is 0.0221 e. The van der Waals surface area contributed by atoms with E-state index in [4.69, 9.17) is 0 Å². The van der Waals surface area contributed by atoms with Gasteiger partial charge in [0.25, 0.3) is 0 Å². The zero-order valence-electron chi connectivity index (χ0n) is 10.4. The van der Waals surface area contributed by atoms with Gasteiger partial charge in [-0.05, 0) is 38.3 Å². The predicted molar refractivity (Wildman–Crippen MR) is 64.7 cm³/mol. The Morgan fingerprint density at radius 1 is 0.929 bits per heavy atom. The number of nitrogens with one attached hydrogen (secondary N) is 2. The second kappa shape index (κ2) is 9.47. The van der Waals surface area contributed by atoms with Crippen LogP contribution in [0.3, 0.4) is 0 Å². The van der Waals surface area contributed by atoms with Crippen molar-refractivity contribution >= 4 is 0 Å². The molecule has 2 unspecified atom stereocenters. The first-order chi connectivity index (χ1) is 6.97. The normalized spacial score (nSPS) is 30.0. The van der Waals surface area contributed by atoms with Gasteiger partial charge in [-0.1, -0.05) is 27.7 Å². The lowest BCUT2D eigenvalue weighted by atomic mass is 9.97. The molecule has 86 valence electrons. The minimum atomic E-state index is 0.794. The van der Waals surface area contributed by atoms with Crippen LogP contribution >= 0.6 is 0 Å². The van der Waals surface area contributed by atoms with Crippen molar-refractivity contribution in [3.63, 3.8) is 0 Å². The Morgan fingerprint density at radius 2 is 1.64 bits per heavy atom. The standard InChI is InChI=1S/C8H16N2.2C2H6/c1-2-7-3-5-10-8(7)6-9-4-1;2*1-2/h7-10H,1-6H2;2*1-2H3. The van der Waals surface area contributed by atoms with Crippen LogP contribution in [-0.2, 0) is 0 Å². The van der Waals surface area contributed by atoms with Gasteiger partial charge in [0.05, 0.1) is 0 Å². The van der Waals surface area contributed by atoms with Gasteiger partial charge in [0, 0.05) is 12.6 Å². The average Bonchev–Trinajstić information content (AvgIpc) is 2.61. The minimum absolute atomic E-state index is 0.794. The summed E-state index contributed by atoms with van der Waals surface area (Å²) in [5.41, 5.74) is 0. The molecule has 2 heterocycles. The molecule has 2 aliphatic heterocycles. The summed E-state index contributed by atoms with van der Waals surface area (Å²) in [6.07, 6.45) is 4.22. The molecule has 0 aromatic heterocycles. The van der Waals surface area contributed by atoms with Gasteiger partial charge in [0.2, 0.25) is 0 Å². The topological polar surface area (TPSA) is 24.1 Å². The largest absolute Gasteiger partial charge is 0.315 e. The molecule has 2 rings (SSSR count). The summed E-state index contributed by atoms with van der Waals surface area (Å²) < 4.78 is 0. The minimum Gasteiger partial charge on any atom is -0.315 e. The van der Waals surface area contributed by atoms with Gasteiger partial charge >= 0.3 is 0 Å². The summed E-state index contributed by atoms with van der Waals surface area (Å²) in [4.78, 5) is 0. The molecule has 2 heteroatoms. The van der Waals surface area contributed by atoms with Crippen molar-refractivity contribution in [3.05, 3.63) is 0 Å². The highest BCUT2D eigenvalue weighted by atomic mass is 15.0. The summed E-state index contributed by atoms with van der Waals surface area (Å²) in [5.74, 6) is 0.981. The first kappa shape index (κ1) is 13.9. The molecule has 0 radical (unpaired) electrons. The van der Waals surface area contributed by atoms with Gasteiger partial charge in [-0.15, -0.1) is 0 Å². The molecule has 2 atom stereocenters. The SMILES string of the molecule is C1CNCC2NCCC2C1.CC.CC. The van der Waals surface area contributed by atoms with Gasteiger partial charge in [-0.2, -0.15) is 0 Å². The average molecular weight is 200 g/mol. The lowest BCUT2D eigenvalue weighted by molar-refractivity contribution is 0.440. The second-order valence-corrected chi connectivity index (χ2v) is 3.46. The monoisotopic (exact) mass is 200 g/mol. The van der Waals surface area contributed by atoms with E-state index in [0.29, 0.717) is 0 Å². The maximum absolute atomic E-state index is 3.54. The van der Waals surface area contributed by atoms with E-state index in [2.05, 4.69) is 10.6 Å². The highest BCUT2D eigenvalue weighted by molar-refractivity contribution is 4.87. The molecule has 14 heavy (non-hydrogen) atoms. The fourth-order valence-electron chi connectivity index (χ4n) is 2.15. The molecule has 0 aliphatic carbocycles. The van der Waals surface area contributed by atoms with Gasteiger partial charge < -0.3 is 10.6 Å². The van der Waals surface area contributed by atoms with Crippen LogP contribution in [-0.4, -0.2) is 25.7 Å². The molecule has 2 N–H and O–H groups in total. The molecular weight excluding hydrogens is 172 g/mol. The molecule has 2 nitrogen and oxygen atoms in total. The Balaban J connectivity index is 0.000000379. The van der Waals surface area contributed by atoms with E-state index in [-0.39, 0.29) is 0 Å². The Bertz CT molecular complexity index is 103. The Labute approximate surface area is 89.9 Å². The first-order valence-corrected chi connectivity index (χ1v) is 6.41. The highest BCUT2D eigenvalue weighted by Gasteiger charge is 2.27. The zero-order valence-corrected chi connectivity index (χ0v) is 10.4. The summed E-state index contributed by atoms with van der Waals surface area (Å²) in [5, 5.41) is 6.99. The lowest BCUT2D eigenvalue weighted by Gasteiger charge is -2.14. The summed E-state index contributed by atoms with van der Waals surface area (Å²) in [6, 6.07) is 0.794. The molecule has 0 amide bonds. The lowest BCUT2D eigenvalue weighted by Crippen LogP contribution is -2.35. The molecule has 0 aromatic carbocycles. The van der Waals surface area contributed by atoms with Gasteiger partial charge in [0.15, 0.2) is 0 Å².